The Morgan fingerprint density at radius 1 is 1.07 bits per heavy atom. The minimum Gasteiger partial charge on any atom is -0.300 e. The number of hydrogen-bond acceptors (Lipinski definition) is 1. The van der Waals surface area contributed by atoms with Crippen LogP contribution in [0.25, 0.3) is 0 Å². The third kappa shape index (κ3) is 6.89. The first kappa shape index (κ1) is 13.9. The molecule has 0 radical (unpaired) electrons. The van der Waals surface area contributed by atoms with Crippen LogP contribution in [0.5, 0.6) is 0 Å². The van der Waals surface area contributed by atoms with Crippen LogP contribution in [0, 0.1) is 0 Å². The van der Waals surface area contributed by atoms with Crippen molar-refractivity contribution in [1.29, 1.82) is 0 Å². The quantitative estimate of drug-likeness (QED) is 0.725. The van der Waals surface area contributed by atoms with Crippen molar-refractivity contribution in [2.45, 2.75) is 46.5 Å². The summed E-state index contributed by atoms with van der Waals surface area (Å²) in [5.41, 5.74) is 1.41. The molecule has 0 aliphatic heterocycles. The molecule has 1 rings (SSSR count). The van der Waals surface area contributed by atoms with Gasteiger partial charge in [0.15, 0.2) is 0 Å². The Kier molecular flexibility index (Phi) is 7.61. The Bertz CT molecular complexity index is 256. The van der Waals surface area contributed by atoms with Gasteiger partial charge in [-0.15, -0.1) is 0 Å². The van der Waals surface area contributed by atoms with E-state index in [4.69, 9.17) is 0 Å². The lowest BCUT2D eigenvalue weighted by Crippen LogP contribution is -1.88. The Morgan fingerprint density at radius 2 is 1.53 bits per heavy atom. The van der Waals surface area contributed by atoms with E-state index in [2.05, 4.69) is 38.1 Å². The maximum atomic E-state index is 10.2. The maximum absolute atomic E-state index is 10.2. The Hall–Kier alpha value is -1.11. The molecule has 0 amide bonds. The van der Waals surface area contributed by atoms with Crippen LogP contribution in [0.4, 0.5) is 0 Å². The third-order valence-corrected chi connectivity index (χ3v) is 2.25. The zero-order valence-corrected chi connectivity index (χ0v) is 10.3. The molecule has 0 bridgehead atoms. The molecule has 0 atom stereocenters. The van der Waals surface area contributed by atoms with Gasteiger partial charge in [-0.2, -0.15) is 0 Å². The lowest BCUT2D eigenvalue weighted by molar-refractivity contribution is -0.118. The molecule has 1 aromatic carbocycles. The van der Waals surface area contributed by atoms with Crippen molar-refractivity contribution in [2.24, 2.45) is 0 Å². The molecule has 0 spiro atoms. The summed E-state index contributed by atoms with van der Waals surface area (Å²) >= 11 is 0. The van der Waals surface area contributed by atoms with Gasteiger partial charge in [-0.25, -0.2) is 0 Å². The van der Waals surface area contributed by atoms with Crippen molar-refractivity contribution >= 4 is 5.78 Å². The Labute approximate surface area is 93.5 Å². The van der Waals surface area contributed by atoms with E-state index in [1.807, 2.05) is 19.9 Å². The molecule has 84 valence electrons. The van der Waals surface area contributed by atoms with Crippen LogP contribution in [-0.2, 0) is 4.79 Å². The van der Waals surface area contributed by atoms with Gasteiger partial charge in [-0.1, -0.05) is 58.0 Å². The molecule has 0 N–H and O–H groups in total. The molecule has 0 fully saturated rings. The topological polar surface area (TPSA) is 17.1 Å². The van der Waals surface area contributed by atoms with Crippen molar-refractivity contribution in [2.75, 3.05) is 0 Å². The number of carbonyl (C=O) groups excluding carboxylic acids is 1. The van der Waals surface area contributed by atoms with Gasteiger partial charge in [0, 0.05) is 12.8 Å². The minimum atomic E-state index is 0.343. The van der Waals surface area contributed by atoms with Gasteiger partial charge < -0.3 is 0 Å². The van der Waals surface area contributed by atoms with Gasteiger partial charge in [-0.05, 0) is 11.5 Å². The summed E-state index contributed by atoms with van der Waals surface area (Å²) in [7, 11) is 0. The lowest BCUT2D eigenvalue weighted by atomic mass is 10.0. The second kappa shape index (κ2) is 8.22. The zero-order valence-electron chi connectivity index (χ0n) is 10.3. The van der Waals surface area contributed by atoms with Crippen molar-refractivity contribution in [3.05, 3.63) is 35.9 Å². The van der Waals surface area contributed by atoms with Crippen LogP contribution < -0.4 is 0 Å². The monoisotopic (exact) mass is 206 g/mol. The normalized spacial score (nSPS) is 9.40. The first-order valence-electron chi connectivity index (χ1n) is 5.68. The van der Waals surface area contributed by atoms with E-state index in [-0.39, 0.29) is 0 Å². The smallest absolute Gasteiger partial charge is 0.132 e. The summed E-state index contributed by atoms with van der Waals surface area (Å²) in [6.45, 7) is 8.17. The summed E-state index contributed by atoms with van der Waals surface area (Å²) in [5, 5.41) is 0. The van der Waals surface area contributed by atoms with E-state index in [0.717, 1.165) is 0 Å². The highest BCUT2D eigenvalue weighted by Gasteiger charge is 1.93. The van der Waals surface area contributed by atoms with E-state index in [1.54, 1.807) is 0 Å². The van der Waals surface area contributed by atoms with Crippen LogP contribution in [-0.4, -0.2) is 5.78 Å². The number of hydrogen-bond donors (Lipinski definition) is 0. The molecule has 1 aromatic rings. The molecular formula is C14H22O. The van der Waals surface area contributed by atoms with Gasteiger partial charge in [0.25, 0.3) is 0 Å². The standard InChI is InChI=1S/C9H12.C5H10O/c1-8(2)9-6-4-3-5-7-9;1-3-5(6)4-2/h3-8H,1-2H3;3-4H2,1-2H3. The van der Waals surface area contributed by atoms with E-state index in [0.29, 0.717) is 24.5 Å². The molecule has 15 heavy (non-hydrogen) atoms. The summed E-state index contributed by atoms with van der Waals surface area (Å²) in [5.74, 6) is 1.00. The number of rotatable bonds is 3. The first-order chi connectivity index (χ1) is 7.11. The SMILES string of the molecule is CC(C)c1ccccc1.CCC(=O)CC. The average Bonchev–Trinajstić information content (AvgIpc) is 2.30. The van der Waals surface area contributed by atoms with Crippen molar-refractivity contribution in [1.82, 2.24) is 0 Å². The summed E-state index contributed by atoms with van der Waals surface area (Å²) < 4.78 is 0. The predicted octanol–water partition coefficient (Wildman–Crippen LogP) is 4.19. The fraction of sp³-hybridized carbons (Fsp3) is 0.500. The predicted molar refractivity (Wildman–Crippen MR) is 66.1 cm³/mol. The van der Waals surface area contributed by atoms with Gasteiger partial charge >= 0.3 is 0 Å². The summed E-state index contributed by atoms with van der Waals surface area (Å²) in [6, 6.07) is 10.5. The van der Waals surface area contributed by atoms with Crippen LogP contribution in [0.2, 0.25) is 0 Å². The number of carbonyl (C=O) groups is 1. The highest BCUT2D eigenvalue weighted by Crippen LogP contribution is 2.11. The second-order valence-electron chi connectivity index (χ2n) is 3.81. The Balaban J connectivity index is 0.000000288. The summed E-state index contributed by atoms with van der Waals surface area (Å²) in [4.78, 5) is 10.2. The lowest BCUT2D eigenvalue weighted by Gasteiger charge is -2.01. The van der Waals surface area contributed by atoms with Crippen molar-refractivity contribution < 1.29 is 4.79 Å². The maximum Gasteiger partial charge on any atom is 0.132 e. The van der Waals surface area contributed by atoms with Gasteiger partial charge in [-0.3, -0.25) is 4.79 Å². The molecule has 0 heterocycles. The van der Waals surface area contributed by atoms with Crippen LogP contribution in [0.1, 0.15) is 52.0 Å². The molecule has 0 aliphatic carbocycles. The largest absolute Gasteiger partial charge is 0.300 e. The van der Waals surface area contributed by atoms with E-state index in [9.17, 15) is 4.79 Å². The molecule has 0 unspecified atom stereocenters. The van der Waals surface area contributed by atoms with Crippen LogP contribution >= 0.6 is 0 Å². The highest BCUT2D eigenvalue weighted by atomic mass is 16.1. The van der Waals surface area contributed by atoms with Crippen molar-refractivity contribution in [3.63, 3.8) is 0 Å². The Morgan fingerprint density at radius 3 is 1.73 bits per heavy atom. The molecule has 0 saturated carbocycles. The van der Waals surface area contributed by atoms with Crippen molar-refractivity contribution in [3.8, 4) is 0 Å². The number of benzene rings is 1. The fourth-order valence-electron chi connectivity index (χ4n) is 1.09. The summed E-state index contributed by atoms with van der Waals surface area (Å²) in [6.07, 6.45) is 1.38. The highest BCUT2D eigenvalue weighted by molar-refractivity contribution is 5.77. The number of Topliss-reactive ketones (excluding diaryl/α,β-unsaturated/α-hetero) is 1. The minimum absolute atomic E-state index is 0.343. The second-order valence-corrected chi connectivity index (χ2v) is 3.81. The molecule has 1 heteroatoms. The first-order valence-corrected chi connectivity index (χ1v) is 5.68. The molecule has 1 nitrogen and oxygen atoms in total. The zero-order chi connectivity index (χ0) is 11.7. The van der Waals surface area contributed by atoms with Gasteiger partial charge in [0.05, 0.1) is 0 Å². The average molecular weight is 206 g/mol. The molecular weight excluding hydrogens is 184 g/mol. The number of ketones is 1. The third-order valence-electron chi connectivity index (χ3n) is 2.25. The van der Waals surface area contributed by atoms with Crippen LogP contribution in [0.3, 0.4) is 0 Å². The molecule has 0 saturated heterocycles. The van der Waals surface area contributed by atoms with Gasteiger partial charge in [0.2, 0.25) is 0 Å². The van der Waals surface area contributed by atoms with Gasteiger partial charge in [0.1, 0.15) is 5.78 Å². The van der Waals surface area contributed by atoms with Crippen LogP contribution in [0.15, 0.2) is 30.3 Å². The van der Waals surface area contributed by atoms with E-state index >= 15 is 0 Å². The van der Waals surface area contributed by atoms with E-state index < -0.39 is 0 Å². The molecule has 0 aliphatic rings. The van der Waals surface area contributed by atoms with E-state index in [1.165, 1.54) is 5.56 Å². The fourth-order valence-corrected chi connectivity index (χ4v) is 1.09. The molecule has 0 aromatic heterocycles.